The minimum atomic E-state index is -0.155. The Morgan fingerprint density at radius 3 is 3.09 bits per heavy atom. The molecule has 0 radical (unpaired) electrons. The Morgan fingerprint density at radius 2 is 2.26 bits per heavy atom. The molecular weight excluding hydrogens is 310 g/mol. The first-order chi connectivity index (χ1) is 11.2. The summed E-state index contributed by atoms with van der Waals surface area (Å²) in [5.41, 5.74) is 1.21. The number of nitrogens with zero attached hydrogens (tertiary/aromatic N) is 1. The van der Waals surface area contributed by atoms with Crippen LogP contribution in [0.25, 0.3) is 0 Å². The average molecular weight is 331 g/mol. The molecule has 1 aliphatic rings. The van der Waals surface area contributed by atoms with Gasteiger partial charge in [-0.2, -0.15) is 0 Å². The van der Waals surface area contributed by atoms with Crippen LogP contribution in [-0.2, 0) is 19.4 Å². The van der Waals surface area contributed by atoms with Crippen molar-refractivity contribution in [3.63, 3.8) is 0 Å². The van der Waals surface area contributed by atoms with Gasteiger partial charge in [0.1, 0.15) is 10.8 Å². The molecule has 0 fully saturated rings. The number of para-hydroxylation sites is 1. The summed E-state index contributed by atoms with van der Waals surface area (Å²) in [4.78, 5) is 17.4. The van der Waals surface area contributed by atoms with Crippen molar-refractivity contribution in [2.45, 2.75) is 26.3 Å². The Bertz CT molecular complexity index is 671. The average Bonchev–Trinajstić information content (AvgIpc) is 3.06. The minimum absolute atomic E-state index is 0.155. The summed E-state index contributed by atoms with van der Waals surface area (Å²) in [6.45, 7) is 3.82. The molecule has 0 saturated carbocycles. The number of hydrogen-bond donors (Lipinski definition) is 2. The number of benzene rings is 1. The van der Waals surface area contributed by atoms with Gasteiger partial charge in [0.05, 0.1) is 13.2 Å². The van der Waals surface area contributed by atoms with E-state index in [1.165, 1.54) is 10.4 Å². The number of thiazole rings is 1. The molecule has 3 rings (SSSR count). The molecule has 1 aliphatic heterocycles. The van der Waals surface area contributed by atoms with Gasteiger partial charge < -0.3 is 15.4 Å². The summed E-state index contributed by atoms with van der Waals surface area (Å²) < 4.78 is 5.73. The molecule has 1 atom stereocenters. The Kier molecular flexibility index (Phi) is 5.12. The highest BCUT2D eigenvalue weighted by molar-refractivity contribution is 7.11. The van der Waals surface area contributed by atoms with Crippen LogP contribution >= 0.6 is 11.3 Å². The zero-order valence-electron chi connectivity index (χ0n) is 13.2. The number of fused-ring (bicyclic) bond motifs is 1. The quantitative estimate of drug-likeness (QED) is 0.885. The minimum Gasteiger partial charge on any atom is -0.493 e. The van der Waals surface area contributed by atoms with Crippen molar-refractivity contribution in [2.24, 2.45) is 5.92 Å². The second-order valence-electron chi connectivity index (χ2n) is 5.63. The molecule has 23 heavy (non-hydrogen) atoms. The highest BCUT2D eigenvalue weighted by Crippen LogP contribution is 2.26. The molecule has 1 aromatic carbocycles. The van der Waals surface area contributed by atoms with Gasteiger partial charge in [-0.15, -0.1) is 11.3 Å². The Balaban J connectivity index is 1.41. The first-order valence-corrected chi connectivity index (χ1v) is 8.72. The van der Waals surface area contributed by atoms with Gasteiger partial charge >= 0.3 is 6.03 Å². The SMILES string of the molecule is CCc1cnc(CNC(=O)NCC2COc3ccccc3C2)s1. The highest BCUT2D eigenvalue weighted by Gasteiger charge is 2.19. The number of carbonyl (C=O) groups excluding carboxylic acids is 1. The third-order valence-electron chi connectivity index (χ3n) is 3.86. The fraction of sp³-hybridized carbons (Fsp3) is 0.412. The van der Waals surface area contributed by atoms with Crippen LogP contribution in [0.15, 0.2) is 30.5 Å². The van der Waals surface area contributed by atoms with E-state index in [9.17, 15) is 4.79 Å². The van der Waals surface area contributed by atoms with Gasteiger partial charge in [-0.1, -0.05) is 25.1 Å². The third kappa shape index (κ3) is 4.22. The molecule has 0 aliphatic carbocycles. The highest BCUT2D eigenvalue weighted by atomic mass is 32.1. The summed E-state index contributed by atoms with van der Waals surface area (Å²) in [6, 6.07) is 7.91. The molecule has 1 aromatic heterocycles. The summed E-state index contributed by atoms with van der Waals surface area (Å²) in [5, 5.41) is 6.71. The normalized spacial score (nSPS) is 16.3. The Hall–Kier alpha value is -2.08. The van der Waals surface area contributed by atoms with Gasteiger partial charge in [-0.3, -0.25) is 0 Å². The van der Waals surface area contributed by atoms with Crippen molar-refractivity contribution < 1.29 is 9.53 Å². The van der Waals surface area contributed by atoms with E-state index in [0.717, 1.165) is 23.6 Å². The van der Waals surface area contributed by atoms with Crippen molar-refractivity contribution in [1.29, 1.82) is 0 Å². The van der Waals surface area contributed by atoms with Gasteiger partial charge in [0.15, 0.2) is 0 Å². The third-order valence-corrected chi connectivity index (χ3v) is 5.00. The number of carbonyl (C=O) groups is 1. The van der Waals surface area contributed by atoms with E-state index < -0.39 is 0 Å². The van der Waals surface area contributed by atoms with E-state index >= 15 is 0 Å². The number of aromatic nitrogens is 1. The molecule has 6 heteroatoms. The van der Waals surface area contributed by atoms with Gasteiger partial charge in [-0.25, -0.2) is 9.78 Å². The Labute approximate surface area is 140 Å². The number of amides is 2. The van der Waals surface area contributed by atoms with Crippen LogP contribution < -0.4 is 15.4 Å². The van der Waals surface area contributed by atoms with E-state index in [1.54, 1.807) is 11.3 Å². The lowest BCUT2D eigenvalue weighted by molar-refractivity contribution is 0.211. The summed E-state index contributed by atoms with van der Waals surface area (Å²) in [6.07, 6.45) is 3.78. The van der Waals surface area contributed by atoms with E-state index in [-0.39, 0.29) is 6.03 Å². The van der Waals surface area contributed by atoms with Crippen LogP contribution in [0.3, 0.4) is 0 Å². The second-order valence-corrected chi connectivity index (χ2v) is 6.83. The van der Waals surface area contributed by atoms with Crippen molar-refractivity contribution in [1.82, 2.24) is 15.6 Å². The molecular formula is C17H21N3O2S. The number of hydrogen-bond acceptors (Lipinski definition) is 4. The first-order valence-electron chi connectivity index (χ1n) is 7.90. The number of nitrogens with one attached hydrogen (secondary N) is 2. The van der Waals surface area contributed by atoms with Gasteiger partial charge in [0, 0.05) is 23.5 Å². The molecule has 1 unspecified atom stereocenters. The number of rotatable bonds is 5. The maximum Gasteiger partial charge on any atom is 0.315 e. The lowest BCUT2D eigenvalue weighted by atomic mass is 9.97. The van der Waals surface area contributed by atoms with Crippen LogP contribution in [0.2, 0.25) is 0 Å². The lowest BCUT2D eigenvalue weighted by Crippen LogP contribution is -2.40. The lowest BCUT2D eigenvalue weighted by Gasteiger charge is -2.25. The van der Waals surface area contributed by atoms with Crippen LogP contribution in [0, 0.1) is 5.92 Å². The zero-order chi connectivity index (χ0) is 16.1. The number of ether oxygens (including phenoxy) is 1. The maximum atomic E-state index is 11.9. The summed E-state index contributed by atoms with van der Waals surface area (Å²) >= 11 is 1.64. The number of aryl methyl sites for hydroxylation is 1. The van der Waals surface area contributed by atoms with Crippen LogP contribution in [0.5, 0.6) is 5.75 Å². The predicted octanol–water partition coefficient (Wildman–Crippen LogP) is 2.76. The number of urea groups is 1. The predicted molar refractivity (Wildman–Crippen MR) is 90.9 cm³/mol. The van der Waals surface area contributed by atoms with E-state index in [2.05, 4.69) is 28.6 Å². The van der Waals surface area contributed by atoms with Crippen molar-refractivity contribution in [3.05, 3.63) is 45.9 Å². The fourth-order valence-corrected chi connectivity index (χ4v) is 3.37. The molecule has 2 amide bonds. The summed E-state index contributed by atoms with van der Waals surface area (Å²) in [5.74, 6) is 1.27. The van der Waals surface area contributed by atoms with Crippen LogP contribution in [-0.4, -0.2) is 24.2 Å². The van der Waals surface area contributed by atoms with E-state index in [4.69, 9.17) is 4.74 Å². The largest absolute Gasteiger partial charge is 0.493 e. The fourth-order valence-electron chi connectivity index (χ4n) is 2.57. The van der Waals surface area contributed by atoms with E-state index in [1.807, 2.05) is 24.4 Å². The zero-order valence-corrected chi connectivity index (χ0v) is 14.0. The van der Waals surface area contributed by atoms with Crippen LogP contribution in [0.1, 0.15) is 22.4 Å². The maximum absolute atomic E-state index is 11.9. The van der Waals surface area contributed by atoms with Crippen molar-refractivity contribution in [3.8, 4) is 5.75 Å². The Morgan fingerprint density at radius 1 is 1.39 bits per heavy atom. The van der Waals surface area contributed by atoms with Gasteiger partial charge in [-0.05, 0) is 24.5 Å². The molecule has 0 spiro atoms. The standard InChI is InChI=1S/C17H21N3O2S/c1-2-14-9-18-16(23-14)10-20-17(21)19-8-12-7-13-5-3-4-6-15(13)22-11-12/h3-6,9,12H,2,7-8,10-11H2,1H3,(H2,19,20,21). The molecule has 5 nitrogen and oxygen atoms in total. The molecule has 0 saturated heterocycles. The molecule has 2 N–H and O–H groups in total. The van der Waals surface area contributed by atoms with E-state index in [0.29, 0.717) is 25.6 Å². The van der Waals surface area contributed by atoms with Crippen molar-refractivity contribution >= 4 is 17.4 Å². The molecule has 0 bridgehead atoms. The molecule has 122 valence electrons. The van der Waals surface area contributed by atoms with Gasteiger partial charge in [0.25, 0.3) is 0 Å². The topological polar surface area (TPSA) is 63.2 Å². The second kappa shape index (κ2) is 7.46. The monoisotopic (exact) mass is 331 g/mol. The molecule has 2 aromatic rings. The van der Waals surface area contributed by atoms with Gasteiger partial charge in [0.2, 0.25) is 0 Å². The summed E-state index contributed by atoms with van der Waals surface area (Å²) in [7, 11) is 0. The first kappa shape index (κ1) is 15.8. The smallest absolute Gasteiger partial charge is 0.315 e. The molecule has 2 heterocycles. The van der Waals surface area contributed by atoms with Crippen LogP contribution in [0.4, 0.5) is 4.79 Å². The van der Waals surface area contributed by atoms with Crippen molar-refractivity contribution in [2.75, 3.05) is 13.2 Å².